The lowest BCUT2D eigenvalue weighted by atomic mass is 10.1. The molecule has 0 aliphatic rings. The number of nitrogens with zero attached hydrogens (tertiary/aromatic N) is 2. The van der Waals surface area contributed by atoms with Crippen LogP contribution in [0.2, 0.25) is 0 Å². The Morgan fingerprint density at radius 2 is 1.68 bits per heavy atom. The van der Waals surface area contributed by atoms with Gasteiger partial charge in [-0.25, -0.2) is 0 Å². The number of nitrogens with one attached hydrogen (secondary N) is 1. The van der Waals surface area contributed by atoms with Crippen molar-refractivity contribution in [1.82, 2.24) is 15.5 Å². The van der Waals surface area contributed by atoms with E-state index in [1.54, 1.807) is 25.3 Å². The van der Waals surface area contributed by atoms with Crippen LogP contribution in [-0.2, 0) is 4.79 Å². The van der Waals surface area contributed by atoms with Crippen LogP contribution in [0.3, 0.4) is 0 Å². The van der Waals surface area contributed by atoms with Gasteiger partial charge in [-0.3, -0.25) is 4.79 Å². The highest BCUT2D eigenvalue weighted by Gasteiger charge is 2.04. The number of carbonyl (C=O) groups excluding carboxylic acids is 1. The molecule has 0 bridgehead atoms. The molecule has 0 radical (unpaired) electrons. The van der Waals surface area contributed by atoms with Crippen molar-refractivity contribution >= 4 is 5.91 Å². The lowest BCUT2D eigenvalue weighted by molar-refractivity contribution is -0.123. The second-order valence-electron chi connectivity index (χ2n) is 5.79. The van der Waals surface area contributed by atoms with Crippen LogP contribution in [0.5, 0.6) is 17.4 Å². The largest absolute Gasteiger partial charge is 0.497 e. The molecule has 0 fully saturated rings. The molecule has 144 valence electrons. The molecule has 1 amide bonds. The molecule has 3 aromatic rings. The molecule has 0 atom stereocenters. The number of ether oxygens (including phenoxy) is 3. The van der Waals surface area contributed by atoms with Gasteiger partial charge in [0.05, 0.1) is 19.3 Å². The molecule has 0 unspecified atom stereocenters. The van der Waals surface area contributed by atoms with Crippen LogP contribution < -0.4 is 19.5 Å². The molecular weight excluding hydrogens is 358 g/mol. The monoisotopic (exact) mass is 379 g/mol. The van der Waals surface area contributed by atoms with E-state index in [0.29, 0.717) is 18.2 Å². The van der Waals surface area contributed by atoms with Crippen molar-refractivity contribution in [3.63, 3.8) is 0 Å². The predicted molar refractivity (Wildman–Crippen MR) is 104 cm³/mol. The van der Waals surface area contributed by atoms with Gasteiger partial charge >= 0.3 is 0 Å². The van der Waals surface area contributed by atoms with Gasteiger partial charge in [0.15, 0.2) is 6.61 Å². The predicted octanol–water partition coefficient (Wildman–Crippen LogP) is 2.73. The van der Waals surface area contributed by atoms with Gasteiger partial charge in [-0.2, -0.15) is 0 Å². The number of hydrogen-bond donors (Lipinski definition) is 1. The third kappa shape index (κ3) is 5.70. The smallest absolute Gasteiger partial charge is 0.258 e. The molecule has 1 N–H and O–H groups in total. The Morgan fingerprint density at radius 1 is 0.893 bits per heavy atom. The van der Waals surface area contributed by atoms with Crippen molar-refractivity contribution in [3.8, 4) is 28.6 Å². The van der Waals surface area contributed by atoms with Crippen LogP contribution >= 0.6 is 0 Å². The van der Waals surface area contributed by atoms with E-state index in [4.69, 9.17) is 14.2 Å². The van der Waals surface area contributed by atoms with Crippen molar-refractivity contribution in [1.29, 1.82) is 0 Å². The first-order valence-electron chi connectivity index (χ1n) is 8.80. The molecule has 0 saturated carbocycles. The third-order valence-corrected chi connectivity index (χ3v) is 3.81. The highest BCUT2D eigenvalue weighted by molar-refractivity contribution is 5.77. The fraction of sp³-hybridized carbons (Fsp3) is 0.190. The van der Waals surface area contributed by atoms with Crippen molar-refractivity contribution in [3.05, 3.63) is 66.7 Å². The lowest BCUT2D eigenvalue weighted by Gasteiger charge is -2.08. The zero-order valence-corrected chi connectivity index (χ0v) is 15.5. The SMILES string of the molecule is COc1ccc(-c2ccc(OCCNC(=O)COc3ccccc3)nn2)cc1. The first-order chi connectivity index (χ1) is 13.7. The Hall–Kier alpha value is -3.61. The lowest BCUT2D eigenvalue weighted by Crippen LogP contribution is -2.32. The Labute approximate surface area is 163 Å². The fourth-order valence-corrected chi connectivity index (χ4v) is 2.38. The van der Waals surface area contributed by atoms with Gasteiger partial charge in [0.2, 0.25) is 5.88 Å². The molecule has 0 spiro atoms. The van der Waals surface area contributed by atoms with Crippen LogP contribution in [0, 0.1) is 0 Å². The summed E-state index contributed by atoms with van der Waals surface area (Å²) in [5.41, 5.74) is 1.67. The maximum Gasteiger partial charge on any atom is 0.258 e. The second kappa shape index (κ2) is 9.91. The van der Waals surface area contributed by atoms with Crippen LogP contribution in [0.1, 0.15) is 0 Å². The van der Waals surface area contributed by atoms with E-state index in [1.807, 2.05) is 48.5 Å². The van der Waals surface area contributed by atoms with Crippen LogP contribution in [0.25, 0.3) is 11.3 Å². The van der Waals surface area contributed by atoms with Gasteiger partial charge in [-0.05, 0) is 42.5 Å². The minimum absolute atomic E-state index is 0.0413. The molecule has 7 heteroatoms. The average Bonchev–Trinajstić information content (AvgIpc) is 2.76. The molecule has 0 aliphatic heterocycles. The van der Waals surface area contributed by atoms with Crippen LogP contribution in [-0.4, -0.2) is 43.0 Å². The Kier molecular flexibility index (Phi) is 6.78. The number of methoxy groups -OCH3 is 1. The third-order valence-electron chi connectivity index (χ3n) is 3.81. The summed E-state index contributed by atoms with van der Waals surface area (Å²) in [5.74, 6) is 1.62. The summed E-state index contributed by atoms with van der Waals surface area (Å²) in [6.07, 6.45) is 0. The van der Waals surface area contributed by atoms with Gasteiger partial charge in [0.25, 0.3) is 5.91 Å². The summed E-state index contributed by atoms with van der Waals surface area (Å²) in [7, 11) is 1.62. The van der Waals surface area contributed by atoms with Crippen molar-refractivity contribution in [2.75, 3.05) is 26.9 Å². The molecule has 0 aliphatic carbocycles. The van der Waals surface area contributed by atoms with Crippen molar-refractivity contribution < 1.29 is 19.0 Å². The first kappa shape index (κ1) is 19.2. The highest BCUT2D eigenvalue weighted by Crippen LogP contribution is 2.20. The maximum absolute atomic E-state index is 11.7. The standard InChI is InChI=1S/C21H21N3O4/c1-26-17-9-7-16(8-10-17)19-11-12-21(24-23-19)27-14-13-22-20(25)15-28-18-5-3-2-4-6-18/h2-12H,13-15H2,1H3,(H,22,25). The van der Waals surface area contributed by atoms with E-state index in [0.717, 1.165) is 17.0 Å². The number of rotatable bonds is 9. The molecule has 0 saturated heterocycles. The summed E-state index contributed by atoms with van der Waals surface area (Å²) in [5, 5.41) is 10.9. The van der Waals surface area contributed by atoms with E-state index in [-0.39, 0.29) is 19.1 Å². The summed E-state index contributed by atoms with van der Waals surface area (Å²) < 4.78 is 16.0. The van der Waals surface area contributed by atoms with Crippen molar-refractivity contribution in [2.24, 2.45) is 0 Å². The number of aromatic nitrogens is 2. The number of carbonyl (C=O) groups is 1. The fourth-order valence-electron chi connectivity index (χ4n) is 2.38. The Balaban J connectivity index is 1.38. The molecule has 7 nitrogen and oxygen atoms in total. The van der Waals surface area contributed by atoms with E-state index >= 15 is 0 Å². The van der Waals surface area contributed by atoms with Gasteiger partial charge in [-0.1, -0.05) is 18.2 Å². The summed E-state index contributed by atoms with van der Waals surface area (Å²) in [4.78, 5) is 11.7. The summed E-state index contributed by atoms with van der Waals surface area (Å²) in [6, 6.07) is 20.3. The summed E-state index contributed by atoms with van der Waals surface area (Å²) >= 11 is 0. The number of hydrogen-bond acceptors (Lipinski definition) is 6. The van der Waals surface area contributed by atoms with Crippen molar-refractivity contribution in [2.45, 2.75) is 0 Å². The minimum atomic E-state index is -0.214. The van der Waals surface area contributed by atoms with E-state index in [1.165, 1.54) is 0 Å². The average molecular weight is 379 g/mol. The topological polar surface area (TPSA) is 82.6 Å². The molecule has 1 aromatic heterocycles. The number of para-hydroxylation sites is 1. The minimum Gasteiger partial charge on any atom is -0.497 e. The Morgan fingerprint density at radius 3 is 2.36 bits per heavy atom. The van der Waals surface area contributed by atoms with Crippen LogP contribution in [0.4, 0.5) is 0 Å². The molecule has 1 heterocycles. The van der Waals surface area contributed by atoms with Gasteiger partial charge in [0.1, 0.15) is 18.1 Å². The maximum atomic E-state index is 11.7. The van der Waals surface area contributed by atoms with Gasteiger partial charge in [0, 0.05) is 11.6 Å². The van der Waals surface area contributed by atoms with Gasteiger partial charge < -0.3 is 19.5 Å². The normalized spacial score (nSPS) is 10.2. The molecule has 28 heavy (non-hydrogen) atoms. The van der Waals surface area contributed by atoms with Crippen LogP contribution in [0.15, 0.2) is 66.7 Å². The van der Waals surface area contributed by atoms with E-state index in [2.05, 4.69) is 15.5 Å². The highest BCUT2D eigenvalue weighted by atomic mass is 16.5. The van der Waals surface area contributed by atoms with Gasteiger partial charge in [-0.15, -0.1) is 10.2 Å². The van der Waals surface area contributed by atoms with E-state index < -0.39 is 0 Å². The Bertz CT molecular complexity index is 868. The number of benzene rings is 2. The molecule has 2 aromatic carbocycles. The quantitative estimate of drug-likeness (QED) is 0.576. The molecular formula is C21H21N3O4. The second-order valence-corrected chi connectivity index (χ2v) is 5.79. The van der Waals surface area contributed by atoms with E-state index in [9.17, 15) is 4.79 Å². The first-order valence-corrected chi connectivity index (χ1v) is 8.80. The molecule has 3 rings (SSSR count). The zero-order valence-electron chi connectivity index (χ0n) is 15.5. The summed E-state index contributed by atoms with van der Waals surface area (Å²) in [6.45, 7) is 0.590. The number of amides is 1. The zero-order chi connectivity index (χ0) is 19.6.